The normalized spacial score (nSPS) is 11.5. The van der Waals surface area contributed by atoms with Gasteiger partial charge in [-0.15, -0.1) is 0 Å². The number of nitrogens with one attached hydrogen (secondary N) is 1. The average molecular weight is 529 g/mol. The highest BCUT2D eigenvalue weighted by molar-refractivity contribution is 7.99. The monoisotopic (exact) mass is 528 g/mol. The number of halogens is 1. The molecule has 0 saturated heterocycles. The second kappa shape index (κ2) is 10.6. The van der Waals surface area contributed by atoms with Crippen molar-refractivity contribution in [3.8, 4) is 0 Å². The number of aryl methyl sites for hydroxylation is 1. The fourth-order valence-corrected chi connectivity index (χ4v) is 4.87. The molecular formula is C24H21ClN4O4S2. The Morgan fingerprint density at radius 2 is 1.71 bits per heavy atom. The maximum Gasteiger partial charge on any atom is 0.262 e. The third kappa shape index (κ3) is 6.29. The summed E-state index contributed by atoms with van der Waals surface area (Å²) in [5, 5.41) is 9.41. The SMILES string of the molecule is NS(=O)(=O)c1ccc(CCn2c(SCC(=O)Nc3ccc(Cl)cc3)nc3ccccc3c2=O)cc1. The Kier molecular flexibility index (Phi) is 7.56. The molecule has 0 radical (unpaired) electrons. The molecule has 8 nitrogen and oxygen atoms in total. The number of hydrogen-bond donors (Lipinski definition) is 2. The fraction of sp³-hybridized carbons (Fsp3) is 0.125. The zero-order valence-electron chi connectivity index (χ0n) is 18.3. The van der Waals surface area contributed by atoms with Gasteiger partial charge in [0.2, 0.25) is 15.9 Å². The minimum Gasteiger partial charge on any atom is -0.325 e. The van der Waals surface area contributed by atoms with E-state index in [0.717, 1.165) is 5.56 Å². The minimum absolute atomic E-state index is 0.0220. The third-order valence-corrected chi connectivity index (χ3v) is 7.32. The van der Waals surface area contributed by atoms with Gasteiger partial charge in [0.1, 0.15) is 0 Å². The number of thioether (sulfide) groups is 1. The Bertz CT molecular complexity index is 1540. The first-order valence-electron chi connectivity index (χ1n) is 10.5. The van der Waals surface area contributed by atoms with Crippen LogP contribution in [0.4, 0.5) is 5.69 Å². The summed E-state index contributed by atoms with van der Waals surface area (Å²) in [4.78, 5) is 30.3. The molecule has 0 fully saturated rings. The summed E-state index contributed by atoms with van der Waals surface area (Å²) in [7, 11) is -3.78. The molecule has 3 N–H and O–H groups in total. The summed E-state index contributed by atoms with van der Waals surface area (Å²) in [5.41, 5.74) is 1.78. The summed E-state index contributed by atoms with van der Waals surface area (Å²) < 4.78 is 24.5. The van der Waals surface area contributed by atoms with E-state index in [4.69, 9.17) is 16.7 Å². The van der Waals surface area contributed by atoms with Crippen molar-refractivity contribution in [2.24, 2.45) is 5.14 Å². The molecule has 0 aliphatic rings. The van der Waals surface area contributed by atoms with Crippen molar-refractivity contribution in [2.45, 2.75) is 23.0 Å². The molecule has 0 atom stereocenters. The Balaban J connectivity index is 1.54. The van der Waals surface area contributed by atoms with Gasteiger partial charge in [0, 0.05) is 17.3 Å². The van der Waals surface area contributed by atoms with Crippen LogP contribution in [0.1, 0.15) is 5.56 Å². The van der Waals surface area contributed by atoms with Crippen molar-refractivity contribution in [3.63, 3.8) is 0 Å². The van der Waals surface area contributed by atoms with Gasteiger partial charge in [0.15, 0.2) is 5.16 Å². The molecule has 0 saturated carbocycles. The summed E-state index contributed by atoms with van der Waals surface area (Å²) in [6.45, 7) is 0.298. The number of hydrogen-bond acceptors (Lipinski definition) is 6. The van der Waals surface area contributed by atoms with Gasteiger partial charge in [-0.1, -0.05) is 47.6 Å². The van der Waals surface area contributed by atoms with E-state index in [1.165, 1.54) is 28.5 Å². The lowest BCUT2D eigenvalue weighted by Gasteiger charge is -2.13. The predicted octanol–water partition coefficient (Wildman–Crippen LogP) is 3.67. The molecule has 3 aromatic carbocycles. The van der Waals surface area contributed by atoms with E-state index in [-0.39, 0.29) is 22.1 Å². The van der Waals surface area contributed by atoms with Crippen LogP contribution in [0.5, 0.6) is 0 Å². The molecule has 0 spiro atoms. The number of carbonyl (C=O) groups excluding carboxylic acids is 1. The molecule has 4 aromatic rings. The van der Waals surface area contributed by atoms with Crippen LogP contribution in [0.2, 0.25) is 5.02 Å². The summed E-state index contributed by atoms with van der Waals surface area (Å²) in [6.07, 6.45) is 0.454. The highest BCUT2D eigenvalue weighted by Gasteiger charge is 2.14. The molecule has 1 amide bonds. The standard InChI is InChI=1S/C24H21ClN4O4S2/c25-17-7-9-18(10-8-17)27-22(30)15-34-24-28-21-4-2-1-3-20(21)23(31)29(24)14-13-16-5-11-19(12-6-16)35(26,32)33/h1-12H,13-15H2,(H,27,30)(H2,26,32,33). The molecule has 0 unspecified atom stereocenters. The zero-order chi connectivity index (χ0) is 25.0. The lowest BCUT2D eigenvalue weighted by atomic mass is 10.1. The van der Waals surface area contributed by atoms with Gasteiger partial charge in [-0.25, -0.2) is 18.5 Å². The van der Waals surface area contributed by atoms with Crippen molar-refractivity contribution >= 4 is 55.9 Å². The lowest BCUT2D eigenvalue weighted by molar-refractivity contribution is -0.113. The number of rotatable bonds is 8. The van der Waals surface area contributed by atoms with Crippen LogP contribution in [0.25, 0.3) is 10.9 Å². The first-order chi connectivity index (χ1) is 16.7. The van der Waals surface area contributed by atoms with Gasteiger partial charge in [-0.05, 0) is 60.5 Å². The largest absolute Gasteiger partial charge is 0.325 e. The molecule has 0 aliphatic heterocycles. The van der Waals surface area contributed by atoms with E-state index in [2.05, 4.69) is 10.3 Å². The van der Waals surface area contributed by atoms with Gasteiger partial charge in [-0.2, -0.15) is 0 Å². The van der Waals surface area contributed by atoms with Gasteiger partial charge in [-0.3, -0.25) is 14.2 Å². The molecular weight excluding hydrogens is 508 g/mol. The van der Waals surface area contributed by atoms with Gasteiger partial charge < -0.3 is 5.32 Å². The minimum atomic E-state index is -3.78. The van der Waals surface area contributed by atoms with Crippen LogP contribution in [0.3, 0.4) is 0 Å². The van der Waals surface area contributed by atoms with Crippen LogP contribution < -0.4 is 16.0 Å². The number of fused-ring (bicyclic) bond motifs is 1. The Morgan fingerprint density at radius 3 is 2.40 bits per heavy atom. The van der Waals surface area contributed by atoms with Crippen molar-refractivity contribution in [2.75, 3.05) is 11.1 Å². The van der Waals surface area contributed by atoms with E-state index in [0.29, 0.717) is 39.7 Å². The van der Waals surface area contributed by atoms with Crippen LogP contribution in [-0.2, 0) is 27.8 Å². The third-order valence-electron chi connectivity index (χ3n) is 5.16. The predicted molar refractivity (Wildman–Crippen MR) is 138 cm³/mol. The van der Waals surface area contributed by atoms with E-state index in [1.54, 1.807) is 60.7 Å². The maximum absolute atomic E-state index is 13.2. The number of nitrogens with two attached hydrogens (primary N) is 1. The smallest absolute Gasteiger partial charge is 0.262 e. The number of amides is 1. The molecule has 4 rings (SSSR count). The number of para-hydroxylation sites is 1. The number of benzene rings is 3. The Hall–Kier alpha value is -3.18. The Morgan fingerprint density at radius 1 is 1.03 bits per heavy atom. The first-order valence-corrected chi connectivity index (χ1v) is 13.4. The molecule has 180 valence electrons. The van der Waals surface area contributed by atoms with Crippen molar-refractivity contribution < 1.29 is 13.2 Å². The second-order valence-corrected chi connectivity index (χ2v) is 10.6. The topological polar surface area (TPSA) is 124 Å². The maximum atomic E-state index is 13.2. The van der Waals surface area contributed by atoms with Crippen LogP contribution in [0, 0.1) is 0 Å². The van der Waals surface area contributed by atoms with Gasteiger partial charge in [0.25, 0.3) is 5.56 Å². The molecule has 0 bridgehead atoms. The second-order valence-electron chi connectivity index (χ2n) is 7.65. The van der Waals surface area contributed by atoms with Crippen molar-refractivity contribution in [3.05, 3.63) is 93.7 Å². The molecule has 1 aromatic heterocycles. The number of sulfonamides is 1. The fourth-order valence-electron chi connectivity index (χ4n) is 3.40. The number of nitrogens with zero attached hydrogens (tertiary/aromatic N) is 2. The summed E-state index contributed by atoms with van der Waals surface area (Å²) >= 11 is 7.05. The number of primary sulfonamides is 1. The number of carbonyl (C=O) groups is 1. The average Bonchev–Trinajstić information content (AvgIpc) is 2.83. The molecule has 11 heteroatoms. The number of anilines is 1. The first kappa shape index (κ1) is 24.9. The number of aromatic nitrogens is 2. The zero-order valence-corrected chi connectivity index (χ0v) is 20.7. The van der Waals surface area contributed by atoms with E-state index in [1.807, 2.05) is 0 Å². The highest BCUT2D eigenvalue weighted by Crippen LogP contribution is 2.20. The van der Waals surface area contributed by atoms with E-state index >= 15 is 0 Å². The Labute approximate surface area is 211 Å². The van der Waals surface area contributed by atoms with Gasteiger partial charge >= 0.3 is 0 Å². The van der Waals surface area contributed by atoms with Crippen LogP contribution >= 0.6 is 23.4 Å². The van der Waals surface area contributed by atoms with Crippen LogP contribution in [-0.4, -0.2) is 29.6 Å². The van der Waals surface area contributed by atoms with Crippen molar-refractivity contribution in [1.82, 2.24) is 9.55 Å². The van der Waals surface area contributed by atoms with Gasteiger partial charge in [0.05, 0.1) is 21.6 Å². The van der Waals surface area contributed by atoms with Crippen LogP contribution in [0.15, 0.2) is 87.6 Å². The highest BCUT2D eigenvalue weighted by atomic mass is 35.5. The molecule has 1 heterocycles. The quantitative estimate of drug-likeness (QED) is 0.265. The molecule has 35 heavy (non-hydrogen) atoms. The molecule has 0 aliphatic carbocycles. The van der Waals surface area contributed by atoms with E-state index in [9.17, 15) is 18.0 Å². The van der Waals surface area contributed by atoms with Crippen molar-refractivity contribution in [1.29, 1.82) is 0 Å². The van der Waals surface area contributed by atoms with E-state index < -0.39 is 10.0 Å². The lowest BCUT2D eigenvalue weighted by Crippen LogP contribution is -2.25. The summed E-state index contributed by atoms with van der Waals surface area (Å²) in [6, 6.07) is 20.0. The summed E-state index contributed by atoms with van der Waals surface area (Å²) in [5.74, 6) is -0.193.